The molecule has 0 aliphatic carbocycles. The number of anilines is 1. The van der Waals surface area contributed by atoms with E-state index in [-0.39, 0.29) is 11.7 Å². The van der Waals surface area contributed by atoms with Crippen molar-refractivity contribution in [1.29, 1.82) is 0 Å². The molecule has 1 amide bonds. The number of amides is 1. The number of hydrogen-bond donors (Lipinski definition) is 2. The highest BCUT2D eigenvalue weighted by molar-refractivity contribution is 5.97. The van der Waals surface area contributed by atoms with Gasteiger partial charge in [0.2, 0.25) is 5.91 Å². The highest BCUT2D eigenvalue weighted by Crippen LogP contribution is 2.11. The van der Waals surface area contributed by atoms with Crippen LogP contribution < -0.4 is 10.6 Å². The summed E-state index contributed by atoms with van der Waals surface area (Å²) < 4.78 is 0. The van der Waals surface area contributed by atoms with E-state index in [1.165, 1.54) is 6.92 Å². The van der Waals surface area contributed by atoms with Gasteiger partial charge in [-0.1, -0.05) is 26.0 Å². The van der Waals surface area contributed by atoms with E-state index in [4.69, 9.17) is 0 Å². The summed E-state index contributed by atoms with van der Waals surface area (Å²) in [6.07, 6.45) is 1.55. The fourth-order valence-corrected chi connectivity index (χ4v) is 1.76. The van der Waals surface area contributed by atoms with E-state index in [2.05, 4.69) is 24.5 Å². The van der Waals surface area contributed by atoms with Crippen molar-refractivity contribution in [2.75, 3.05) is 18.4 Å². The molecule has 0 aliphatic rings. The number of benzene rings is 1. The Morgan fingerprint density at radius 3 is 2.60 bits per heavy atom. The molecule has 0 saturated heterocycles. The zero-order valence-electron chi connectivity index (χ0n) is 12.5. The number of ketones is 1. The topological polar surface area (TPSA) is 58.2 Å². The lowest BCUT2D eigenvalue weighted by molar-refractivity contribution is -0.116. The van der Waals surface area contributed by atoms with Gasteiger partial charge in [-0.3, -0.25) is 9.59 Å². The van der Waals surface area contributed by atoms with E-state index in [1.54, 1.807) is 24.3 Å². The van der Waals surface area contributed by atoms with Crippen molar-refractivity contribution in [1.82, 2.24) is 5.32 Å². The summed E-state index contributed by atoms with van der Waals surface area (Å²) in [5.41, 5.74) is 1.28. The molecule has 0 atom stereocenters. The zero-order valence-corrected chi connectivity index (χ0v) is 12.5. The third-order valence-corrected chi connectivity index (χ3v) is 2.98. The highest BCUT2D eigenvalue weighted by Gasteiger charge is 2.04. The second-order valence-corrected chi connectivity index (χ2v) is 5.37. The summed E-state index contributed by atoms with van der Waals surface area (Å²) in [5.74, 6) is 0.629. The molecule has 0 saturated carbocycles. The SMILES string of the molecule is CC(=O)c1cccc(NC(=O)CCNCCC(C)C)c1. The monoisotopic (exact) mass is 276 g/mol. The first-order chi connectivity index (χ1) is 9.49. The quantitative estimate of drug-likeness (QED) is 0.567. The number of hydrogen-bond acceptors (Lipinski definition) is 3. The minimum Gasteiger partial charge on any atom is -0.326 e. The number of nitrogens with one attached hydrogen (secondary N) is 2. The van der Waals surface area contributed by atoms with Crippen LogP contribution in [0.4, 0.5) is 5.69 Å². The molecule has 1 rings (SSSR count). The van der Waals surface area contributed by atoms with Crippen LogP contribution in [0.3, 0.4) is 0 Å². The third-order valence-electron chi connectivity index (χ3n) is 2.98. The molecule has 1 aromatic carbocycles. The Labute approximate surface area is 121 Å². The van der Waals surface area contributed by atoms with Crippen LogP contribution in [0.1, 0.15) is 44.0 Å². The van der Waals surface area contributed by atoms with Crippen molar-refractivity contribution in [2.45, 2.75) is 33.6 Å². The van der Waals surface area contributed by atoms with Crippen molar-refractivity contribution in [3.63, 3.8) is 0 Å². The molecule has 4 nitrogen and oxygen atoms in total. The summed E-state index contributed by atoms with van der Waals surface area (Å²) in [6.45, 7) is 7.47. The van der Waals surface area contributed by atoms with Crippen molar-refractivity contribution in [3.8, 4) is 0 Å². The molecule has 0 aliphatic heterocycles. The van der Waals surface area contributed by atoms with Gasteiger partial charge in [-0.25, -0.2) is 0 Å². The lowest BCUT2D eigenvalue weighted by atomic mass is 10.1. The molecular formula is C16H24N2O2. The lowest BCUT2D eigenvalue weighted by Gasteiger charge is -2.08. The normalized spacial score (nSPS) is 10.6. The van der Waals surface area contributed by atoms with Crippen molar-refractivity contribution in [3.05, 3.63) is 29.8 Å². The zero-order chi connectivity index (χ0) is 15.0. The molecule has 1 aromatic rings. The van der Waals surface area contributed by atoms with Crippen LogP contribution in [0.2, 0.25) is 0 Å². The van der Waals surface area contributed by atoms with E-state index < -0.39 is 0 Å². The van der Waals surface area contributed by atoms with Crippen molar-refractivity contribution < 1.29 is 9.59 Å². The largest absolute Gasteiger partial charge is 0.326 e. The molecule has 0 aromatic heterocycles. The molecule has 0 radical (unpaired) electrons. The first-order valence-electron chi connectivity index (χ1n) is 7.10. The minimum absolute atomic E-state index is 0.00329. The first kappa shape index (κ1) is 16.4. The second-order valence-electron chi connectivity index (χ2n) is 5.37. The fraction of sp³-hybridized carbons (Fsp3) is 0.500. The average Bonchev–Trinajstić information content (AvgIpc) is 2.38. The number of rotatable bonds is 8. The Morgan fingerprint density at radius 1 is 1.20 bits per heavy atom. The van der Waals surface area contributed by atoms with Crippen LogP contribution in [0.25, 0.3) is 0 Å². The Morgan fingerprint density at radius 2 is 1.95 bits per heavy atom. The van der Waals surface area contributed by atoms with E-state index in [9.17, 15) is 9.59 Å². The standard InChI is InChI=1S/C16H24N2O2/c1-12(2)7-9-17-10-8-16(20)18-15-6-4-5-14(11-15)13(3)19/h4-6,11-12,17H,7-10H2,1-3H3,(H,18,20). The molecule has 0 fully saturated rings. The van der Waals surface area contributed by atoms with Gasteiger partial charge in [0.1, 0.15) is 0 Å². The van der Waals surface area contributed by atoms with Gasteiger partial charge in [0.15, 0.2) is 5.78 Å². The molecule has 2 N–H and O–H groups in total. The van der Waals surface area contributed by atoms with E-state index in [1.807, 2.05) is 0 Å². The molecule has 0 unspecified atom stereocenters. The lowest BCUT2D eigenvalue weighted by Crippen LogP contribution is -2.23. The van der Waals surface area contributed by atoms with Crippen LogP contribution in [0.5, 0.6) is 0 Å². The Balaban J connectivity index is 2.32. The Bertz CT molecular complexity index is 456. The number of carbonyl (C=O) groups is 2. The van der Waals surface area contributed by atoms with Crippen LogP contribution in [-0.2, 0) is 4.79 Å². The molecule has 0 heterocycles. The molecule has 110 valence electrons. The van der Waals surface area contributed by atoms with Crippen LogP contribution >= 0.6 is 0 Å². The van der Waals surface area contributed by atoms with Gasteiger partial charge in [-0.05, 0) is 37.9 Å². The van der Waals surface area contributed by atoms with Crippen LogP contribution in [-0.4, -0.2) is 24.8 Å². The predicted octanol–water partition coefficient (Wildman–Crippen LogP) is 2.85. The maximum atomic E-state index is 11.8. The van der Waals surface area contributed by atoms with Gasteiger partial charge >= 0.3 is 0 Å². The average molecular weight is 276 g/mol. The van der Waals surface area contributed by atoms with E-state index >= 15 is 0 Å². The summed E-state index contributed by atoms with van der Waals surface area (Å²) in [5, 5.41) is 6.05. The van der Waals surface area contributed by atoms with Gasteiger partial charge in [-0.15, -0.1) is 0 Å². The molecule has 20 heavy (non-hydrogen) atoms. The summed E-state index contributed by atoms with van der Waals surface area (Å²) >= 11 is 0. The van der Waals surface area contributed by atoms with Crippen LogP contribution in [0.15, 0.2) is 24.3 Å². The number of carbonyl (C=O) groups excluding carboxylic acids is 2. The van der Waals surface area contributed by atoms with Gasteiger partial charge in [-0.2, -0.15) is 0 Å². The van der Waals surface area contributed by atoms with Gasteiger partial charge < -0.3 is 10.6 Å². The Hall–Kier alpha value is -1.68. The van der Waals surface area contributed by atoms with Crippen molar-refractivity contribution in [2.24, 2.45) is 5.92 Å². The Kier molecular flexibility index (Phi) is 6.94. The fourth-order valence-electron chi connectivity index (χ4n) is 1.76. The maximum absolute atomic E-state index is 11.8. The smallest absolute Gasteiger partial charge is 0.225 e. The van der Waals surface area contributed by atoms with Crippen molar-refractivity contribution >= 4 is 17.4 Å². The summed E-state index contributed by atoms with van der Waals surface area (Å²) in [6, 6.07) is 7.00. The molecule has 4 heteroatoms. The van der Waals surface area contributed by atoms with Gasteiger partial charge in [0.25, 0.3) is 0 Å². The van der Waals surface area contributed by atoms with Gasteiger partial charge in [0, 0.05) is 24.2 Å². The molecular weight excluding hydrogens is 252 g/mol. The highest BCUT2D eigenvalue weighted by atomic mass is 16.1. The minimum atomic E-state index is -0.0391. The van der Waals surface area contributed by atoms with E-state index in [0.29, 0.717) is 30.1 Å². The van der Waals surface area contributed by atoms with Gasteiger partial charge in [0.05, 0.1) is 0 Å². The predicted molar refractivity (Wildman–Crippen MR) is 82.0 cm³/mol. The summed E-state index contributed by atoms with van der Waals surface area (Å²) in [7, 11) is 0. The third kappa shape index (κ3) is 6.48. The molecule has 0 bridgehead atoms. The molecule has 0 spiro atoms. The van der Waals surface area contributed by atoms with Crippen LogP contribution in [0, 0.1) is 5.92 Å². The first-order valence-corrected chi connectivity index (χ1v) is 7.10. The maximum Gasteiger partial charge on any atom is 0.225 e. The second kappa shape index (κ2) is 8.48. The summed E-state index contributed by atoms with van der Waals surface area (Å²) in [4.78, 5) is 23.0. The number of Topliss-reactive ketones (excluding diaryl/α,β-unsaturated/α-hetero) is 1. The van der Waals surface area contributed by atoms with E-state index in [0.717, 1.165) is 13.0 Å².